The second-order valence-corrected chi connectivity index (χ2v) is 6.22. The van der Waals surface area contributed by atoms with E-state index in [1.54, 1.807) is 0 Å². The smallest absolute Gasteiger partial charge is 0.165 e. The van der Waals surface area contributed by atoms with E-state index in [4.69, 9.17) is 4.74 Å². The monoisotopic (exact) mass is 441 g/mol. The van der Waals surface area contributed by atoms with Gasteiger partial charge in [0.1, 0.15) is 5.60 Å². The average molecular weight is 440 g/mol. The van der Waals surface area contributed by atoms with Crippen molar-refractivity contribution in [2.24, 2.45) is 23.7 Å². The molecule has 0 aromatic rings. The Morgan fingerprint density at radius 2 is 1.47 bits per heavy atom. The molecule has 0 aromatic heterocycles. The summed E-state index contributed by atoms with van der Waals surface area (Å²) in [6, 6.07) is 0. The minimum atomic E-state index is -0.346. The summed E-state index contributed by atoms with van der Waals surface area (Å²) >= 11 is 0. The molecule has 0 amide bonds. The minimum Gasteiger partial charge on any atom is -0.482 e. The number of carbonyl (C=O) groups is 1. The second-order valence-electron chi connectivity index (χ2n) is 6.22. The predicted octanol–water partition coefficient (Wildman–Crippen LogP) is 3.62. The van der Waals surface area contributed by atoms with Crippen LogP contribution < -0.4 is 0 Å². The predicted molar refractivity (Wildman–Crippen MR) is 72.2 cm³/mol. The summed E-state index contributed by atoms with van der Waals surface area (Å²) in [7, 11) is 0. The van der Waals surface area contributed by atoms with Gasteiger partial charge in [-0.15, -0.1) is 0 Å². The quantitative estimate of drug-likeness (QED) is 0.485. The van der Waals surface area contributed by atoms with Gasteiger partial charge in [0.25, 0.3) is 0 Å². The molecule has 19 heavy (non-hydrogen) atoms. The van der Waals surface area contributed by atoms with Crippen LogP contribution in [0, 0.1) is 44.4 Å². The summed E-state index contributed by atoms with van der Waals surface area (Å²) in [5, 5.41) is 0. The molecule has 0 unspecified atom stereocenters. The van der Waals surface area contributed by atoms with Gasteiger partial charge in [-0.2, -0.15) is 0 Å². The first kappa shape index (κ1) is 17.0. The van der Waals surface area contributed by atoms with E-state index in [2.05, 4.69) is 27.7 Å². The number of ether oxygens (including phenoxy) is 1. The summed E-state index contributed by atoms with van der Waals surface area (Å²) in [4.78, 5) is 11.0. The molecule has 4 saturated carbocycles. The zero-order chi connectivity index (χ0) is 13.3. The van der Waals surface area contributed by atoms with E-state index < -0.39 is 0 Å². The first-order valence-corrected chi connectivity index (χ1v) is 7.14. The molecule has 112 valence electrons. The van der Waals surface area contributed by atoms with Crippen LogP contribution in [0.4, 0.5) is 0 Å². The SMILES string of the molecule is [CH2-]C(=O)OC1(C)C2CC3CC1CC3C2.[CH2-]CC[CH2-].[Os]. The van der Waals surface area contributed by atoms with E-state index in [9.17, 15) is 4.79 Å². The number of carbonyl (C=O) groups excluding carboxylic acids is 1. The average Bonchev–Trinajstić information content (AvgIpc) is 2.80. The van der Waals surface area contributed by atoms with Gasteiger partial charge in [0.15, 0.2) is 5.97 Å². The molecular formula is C16H25O2Os-3. The van der Waals surface area contributed by atoms with E-state index in [1.807, 2.05) is 0 Å². The Morgan fingerprint density at radius 3 is 1.74 bits per heavy atom. The molecule has 4 rings (SSSR count). The van der Waals surface area contributed by atoms with Crippen molar-refractivity contribution in [3.05, 3.63) is 20.8 Å². The van der Waals surface area contributed by atoms with Crippen LogP contribution in [-0.4, -0.2) is 11.6 Å². The summed E-state index contributed by atoms with van der Waals surface area (Å²) in [5.41, 5.74) is -0.178. The summed E-state index contributed by atoms with van der Waals surface area (Å²) in [6.45, 7) is 12.6. The molecule has 4 aliphatic carbocycles. The van der Waals surface area contributed by atoms with E-state index in [0.717, 1.165) is 24.7 Å². The van der Waals surface area contributed by atoms with E-state index in [0.29, 0.717) is 11.8 Å². The molecule has 0 radical (unpaired) electrons. The van der Waals surface area contributed by atoms with Crippen LogP contribution in [0.5, 0.6) is 0 Å². The third-order valence-corrected chi connectivity index (χ3v) is 5.22. The summed E-state index contributed by atoms with van der Waals surface area (Å²) in [5.74, 6) is 2.79. The van der Waals surface area contributed by atoms with Crippen molar-refractivity contribution in [1.82, 2.24) is 0 Å². The van der Waals surface area contributed by atoms with Crippen molar-refractivity contribution < 1.29 is 29.3 Å². The number of unbranched alkanes of at least 4 members (excludes halogenated alkanes) is 1. The fourth-order valence-corrected chi connectivity index (χ4v) is 4.30. The zero-order valence-electron chi connectivity index (χ0n) is 11.8. The molecule has 0 atom stereocenters. The van der Waals surface area contributed by atoms with Crippen molar-refractivity contribution in [1.29, 1.82) is 0 Å². The first-order chi connectivity index (χ1) is 8.51. The molecule has 0 aromatic carbocycles. The number of esters is 1. The maximum atomic E-state index is 11.0. The van der Waals surface area contributed by atoms with Crippen molar-refractivity contribution in [2.45, 2.75) is 51.0 Å². The van der Waals surface area contributed by atoms with Gasteiger partial charge >= 0.3 is 0 Å². The fourth-order valence-electron chi connectivity index (χ4n) is 4.30. The normalized spacial score (nSPS) is 41.2. The molecule has 4 bridgehead atoms. The van der Waals surface area contributed by atoms with Crippen LogP contribution in [0.3, 0.4) is 0 Å². The fraction of sp³-hybridized carbons (Fsp3) is 0.750. The summed E-state index contributed by atoms with van der Waals surface area (Å²) < 4.78 is 5.51. The molecule has 0 spiro atoms. The van der Waals surface area contributed by atoms with E-state index in [1.165, 1.54) is 25.7 Å². The Morgan fingerprint density at radius 1 is 1.11 bits per heavy atom. The third kappa shape index (κ3) is 3.18. The van der Waals surface area contributed by atoms with Crippen LogP contribution in [-0.2, 0) is 29.3 Å². The van der Waals surface area contributed by atoms with Gasteiger partial charge in [-0.1, -0.05) is 0 Å². The molecule has 3 heteroatoms. The minimum absolute atomic E-state index is 0. The van der Waals surface area contributed by atoms with Crippen LogP contribution in [0.15, 0.2) is 0 Å². The van der Waals surface area contributed by atoms with Gasteiger partial charge in [0, 0.05) is 19.8 Å². The van der Waals surface area contributed by atoms with Gasteiger partial charge in [0.05, 0.1) is 0 Å². The third-order valence-electron chi connectivity index (χ3n) is 5.22. The Labute approximate surface area is 131 Å². The molecule has 0 heterocycles. The molecule has 0 saturated heterocycles. The van der Waals surface area contributed by atoms with E-state index in [-0.39, 0.29) is 31.4 Å². The standard InChI is InChI=1S/C12H17O2.C4H8.Os/c1-7(13)14-12(2)10-3-8-4-11(12)6-9(8)5-10;1-3-4-2;/h8-11H,1,3-6H2,2H3;1-4H2;/q-1;-2;. The van der Waals surface area contributed by atoms with Gasteiger partial charge < -0.3 is 18.6 Å². The molecular weight excluding hydrogens is 414 g/mol. The van der Waals surface area contributed by atoms with Gasteiger partial charge in [0.2, 0.25) is 0 Å². The Kier molecular flexibility index (Phi) is 5.93. The molecule has 0 aliphatic heterocycles. The van der Waals surface area contributed by atoms with Crippen LogP contribution in [0.2, 0.25) is 0 Å². The Bertz CT molecular complexity index is 284. The largest absolute Gasteiger partial charge is 0.482 e. The van der Waals surface area contributed by atoms with Crippen LogP contribution in [0.1, 0.15) is 45.4 Å². The number of hydrogen-bond donors (Lipinski definition) is 0. The Balaban J connectivity index is 0.000000323. The maximum Gasteiger partial charge on any atom is 0.165 e. The van der Waals surface area contributed by atoms with Crippen molar-refractivity contribution >= 4 is 5.97 Å². The van der Waals surface area contributed by atoms with Crippen LogP contribution in [0.25, 0.3) is 0 Å². The van der Waals surface area contributed by atoms with E-state index >= 15 is 0 Å². The van der Waals surface area contributed by atoms with Crippen molar-refractivity contribution in [3.8, 4) is 0 Å². The molecule has 0 N–H and O–H groups in total. The topological polar surface area (TPSA) is 26.3 Å². The zero-order valence-corrected chi connectivity index (χ0v) is 14.4. The number of rotatable bonds is 2. The Hall–Kier alpha value is -0.0236. The second kappa shape index (κ2) is 6.62. The van der Waals surface area contributed by atoms with Gasteiger partial charge in [-0.3, -0.25) is 11.7 Å². The van der Waals surface area contributed by atoms with Crippen molar-refractivity contribution in [3.63, 3.8) is 0 Å². The van der Waals surface area contributed by atoms with Gasteiger partial charge in [-0.05, 0) is 56.3 Å². The van der Waals surface area contributed by atoms with Crippen molar-refractivity contribution in [2.75, 3.05) is 0 Å². The molecule has 2 nitrogen and oxygen atoms in total. The van der Waals surface area contributed by atoms with Crippen LogP contribution >= 0.6 is 0 Å². The van der Waals surface area contributed by atoms with Gasteiger partial charge in [-0.25, -0.2) is 12.8 Å². The molecule has 4 aliphatic rings. The maximum absolute atomic E-state index is 11.0. The summed E-state index contributed by atoms with van der Waals surface area (Å²) in [6.07, 6.45) is 7.05. The molecule has 4 fully saturated rings. The first-order valence-electron chi connectivity index (χ1n) is 7.14. The number of hydrogen-bond acceptors (Lipinski definition) is 2.